The van der Waals surface area contributed by atoms with E-state index in [1.165, 1.54) is 16.8 Å². The third-order valence-electron chi connectivity index (χ3n) is 5.01. The summed E-state index contributed by atoms with van der Waals surface area (Å²) < 4.78 is 6.98. The van der Waals surface area contributed by atoms with Crippen LogP contribution in [0.2, 0.25) is 10.0 Å². The molecule has 0 unspecified atom stereocenters. The summed E-state index contributed by atoms with van der Waals surface area (Å²) in [7, 11) is 0. The lowest BCUT2D eigenvalue weighted by Crippen LogP contribution is -2.51. The van der Waals surface area contributed by atoms with Crippen LogP contribution in [0.1, 0.15) is 5.56 Å². The highest BCUT2D eigenvalue weighted by atomic mass is 35.5. The topological polar surface area (TPSA) is 106 Å². The van der Waals surface area contributed by atoms with Crippen LogP contribution in [0.5, 0.6) is 0 Å². The molecule has 0 atom stereocenters. The Kier molecular flexibility index (Phi) is 5.52. The number of hydrogen-bond acceptors (Lipinski definition) is 6. The molecule has 2 amide bonds. The van der Waals surface area contributed by atoms with E-state index < -0.39 is 17.4 Å². The van der Waals surface area contributed by atoms with Crippen molar-refractivity contribution in [2.75, 3.05) is 0 Å². The maximum Gasteiger partial charge on any atom is 0.345 e. The average molecular weight is 511 g/mol. The summed E-state index contributed by atoms with van der Waals surface area (Å²) in [5, 5.41) is 10.3. The van der Waals surface area contributed by atoms with E-state index in [1.807, 2.05) is 30.3 Å². The highest BCUT2D eigenvalue weighted by Crippen LogP contribution is 2.31. The lowest BCUT2D eigenvalue weighted by Gasteiger charge is -2.16. The molecule has 0 radical (unpaired) electrons. The Labute approximate surface area is 206 Å². The Morgan fingerprint density at radius 1 is 1.00 bits per heavy atom. The molecule has 0 saturated carbocycles. The van der Waals surface area contributed by atoms with E-state index in [-0.39, 0.29) is 32.5 Å². The molecule has 4 aromatic rings. The van der Waals surface area contributed by atoms with Gasteiger partial charge < -0.3 is 4.42 Å². The second kappa shape index (κ2) is 8.53. The van der Waals surface area contributed by atoms with Crippen LogP contribution in [-0.4, -0.2) is 26.7 Å². The number of rotatable bonds is 3. The molecule has 2 aromatic heterocycles. The SMILES string of the molecule is O=C1NC(=S)NC(=O)C1=Cc1cn(-c2ccccc2)nc1-c1cc2cc(Cl)cc(Cl)c2oc1=O. The van der Waals surface area contributed by atoms with Crippen LogP contribution in [0.15, 0.2) is 69.5 Å². The minimum atomic E-state index is -0.701. The van der Waals surface area contributed by atoms with Crippen molar-refractivity contribution in [3.63, 3.8) is 0 Å². The van der Waals surface area contributed by atoms with Gasteiger partial charge in [0.1, 0.15) is 11.3 Å². The predicted molar refractivity (Wildman–Crippen MR) is 132 cm³/mol. The Hall–Kier alpha value is -3.79. The first-order valence-corrected chi connectivity index (χ1v) is 10.9. The molecular weight excluding hydrogens is 499 g/mol. The molecule has 168 valence electrons. The maximum absolute atomic E-state index is 12.9. The fraction of sp³-hybridized carbons (Fsp3) is 0. The summed E-state index contributed by atoms with van der Waals surface area (Å²) in [5.41, 5.74) is 0.602. The van der Waals surface area contributed by atoms with Gasteiger partial charge in [0.25, 0.3) is 11.8 Å². The van der Waals surface area contributed by atoms with Crippen molar-refractivity contribution in [1.82, 2.24) is 20.4 Å². The van der Waals surface area contributed by atoms with E-state index in [0.717, 1.165) is 0 Å². The molecule has 5 rings (SSSR count). The van der Waals surface area contributed by atoms with Gasteiger partial charge in [-0.3, -0.25) is 20.2 Å². The number of amides is 2. The van der Waals surface area contributed by atoms with E-state index in [1.54, 1.807) is 18.3 Å². The molecule has 11 heteroatoms. The molecule has 3 heterocycles. The third kappa shape index (κ3) is 4.01. The Morgan fingerprint density at radius 3 is 2.41 bits per heavy atom. The predicted octanol–water partition coefficient (Wildman–Crippen LogP) is 3.87. The van der Waals surface area contributed by atoms with E-state index >= 15 is 0 Å². The van der Waals surface area contributed by atoms with Crippen molar-refractivity contribution in [2.45, 2.75) is 0 Å². The van der Waals surface area contributed by atoms with Gasteiger partial charge in [0.2, 0.25) is 0 Å². The highest BCUT2D eigenvalue weighted by Gasteiger charge is 2.27. The van der Waals surface area contributed by atoms with Gasteiger partial charge in [-0.15, -0.1) is 0 Å². The summed E-state index contributed by atoms with van der Waals surface area (Å²) in [6.07, 6.45) is 2.93. The van der Waals surface area contributed by atoms with E-state index in [9.17, 15) is 14.4 Å². The second-order valence-electron chi connectivity index (χ2n) is 7.26. The first kappa shape index (κ1) is 22.0. The molecule has 8 nitrogen and oxygen atoms in total. The number of halogens is 2. The van der Waals surface area contributed by atoms with E-state index in [4.69, 9.17) is 39.8 Å². The molecule has 34 heavy (non-hydrogen) atoms. The third-order valence-corrected chi connectivity index (χ3v) is 5.72. The van der Waals surface area contributed by atoms with Crippen molar-refractivity contribution >= 4 is 69.4 Å². The normalized spacial score (nSPS) is 13.7. The molecule has 1 fully saturated rings. The Balaban J connectivity index is 1.74. The molecule has 0 spiro atoms. The number of benzene rings is 2. The monoisotopic (exact) mass is 510 g/mol. The fourth-order valence-corrected chi connectivity index (χ4v) is 4.23. The zero-order valence-electron chi connectivity index (χ0n) is 17.0. The van der Waals surface area contributed by atoms with E-state index in [2.05, 4.69) is 15.7 Å². The van der Waals surface area contributed by atoms with Crippen LogP contribution in [0.25, 0.3) is 34.0 Å². The number of carbonyl (C=O) groups excluding carboxylic acids is 2. The fourth-order valence-electron chi connectivity index (χ4n) is 3.50. The summed E-state index contributed by atoms with van der Waals surface area (Å²) in [5.74, 6) is -1.34. The largest absolute Gasteiger partial charge is 0.421 e. The van der Waals surface area contributed by atoms with Gasteiger partial charge in [0.15, 0.2) is 10.7 Å². The van der Waals surface area contributed by atoms with Gasteiger partial charge in [0.05, 0.1) is 16.3 Å². The number of nitrogens with one attached hydrogen (secondary N) is 2. The van der Waals surface area contributed by atoms with Crippen LogP contribution in [0, 0.1) is 0 Å². The lowest BCUT2D eigenvalue weighted by molar-refractivity contribution is -0.123. The smallest absolute Gasteiger partial charge is 0.345 e. The molecule has 2 N–H and O–H groups in total. The minimum absolute atomic E-state index is 0.0868. The highest BCUT2D eigenvalue weighted by molar-refractivity contribution is 7.80. The van der Waals surface area contributed by atoms with Crippen molar-refractivity contribution < 1.29 is 14.0 Å². The second-order valence-corrected chi connectivity index (χ2v) is 8.51. The lowest BCUT2D eigenvalue weighted by atomic mass is 10.0. The number of thiocarbonyl (C=S) groups is 1. The summed E-state index contributed by atoms with van der Waals surface area (Å²) >= 11 is 17.1. The van der Waals surface area contributed by atoms with Crippen LogP contribution in [-0.2, 0) is 9.59 Å². The van der Waals surface area contributed by atoms with Gasteiger partial charge in [0, 0.05) is 22.2 Å². The van der Waals surface area contributed by atoms with E-state index in [0.29, 0.717) is 21.7 Å². The van der Waals surface area contributed by atoms with Crippen molar-refractivity contribution in [3.05, 3.63) is 86.3 Å². The van der Waals surface area contributed by atoms with Gasteiger partial charge in [-0.1, -0.05) is 41.4 Å². The summed E-state index contributed by atoms with van der Waals surface area (Å²) in [6.45, 7) is 0. The molecule has 0 aliphatic carbocycles. The number of para-hydroxylation sites is 1. The number of aromatic nitrogens is 2. The molecule has 1 aliphatic rings. The molecule has 0 bridgehead atoms. The number of carbonyl (C=O) groups is 2. The average Bonchev–Trinajstić information content (AvgIpc) is 3.20. The zero-order chi connectivity index (χ0) is 24.0. The summed E-state index contributed by atoms with van der Waals surface area (Å²) in [6, 6.07) is 13.8. The molecule has 1 aliphatic heterocycles. The number of nitrogens with zero attached hydrogens (tertiary/aromatic N) is 2. The van der Waals surface area contributed by atoms with Gasteiger partial charge in [-0.25, -0.2) is 9.48 Å². The Bertz CT molecular complexity index is 1590. The van der Waals surface area contributed by atoms with Crippen molar-refractivity contribution in [3.8, 4) is 16.9 Å². The number of fused-ring (bicyclic) bond motifs is 1. The standard InChI is InChI=1S/C23H12Cl2N4O4S/c24-13-6-11-7-15(22(32)33-19(11)17(25)9-13)18-12(8-16-20(30)26-23(34)27-21(16)31)10-29(28-18)14-4-2-1-3-5-14/h1-10H,(H2,26,27,30,31,34). The van der Waals surface area contributed by atoms with Crippen LogP contribution < -0.4 is 16.3 Å². The van der Waals surface area contributed by atoms with Crippen LogP contribution in [0.3, 0.4) is 0 Å². The minimum Gasteiger partial charge on any atom is -0.421 e. The van der Waals surface area contributed by atoms with Gasteiger partial charge in [-0.2, -0.15) is 5.10 Å². The molecular formula is C23H12Cl2N4O4S. The van der Waals surface area contributed by atoms with Gasteiger partial charge >= 0.3 is 5.63 Å². The quantitative estimate of drug-likeness (QED) is 0.187. The van der Waals surface area contributed by atoms with Gasteiger partial charge in [-0.05, 0) is 48.6 Å². The molecule has 2 aromatic carbocycles. The first-order chi connectivity index (χ1) is 16.3. The maximum atomic E-state index is 12.9. The van der Waals surface area contributed by atoms with Crippen LogP contribution >= 0.6 is 35.4 Å². The van der Waals surface area contributed by atoms with Crippen molar-refractivity contribution in [2.24, 2.45) is 0 Å². The summed E-state index contributed by atoms with van der Waals surface area (Å²) in [4.78, 5) is 37.7. The van der Waals surface area contributed by atoms with Crippen LogP contribution in [0.4, 0.5) is 0 Å². The zero-order valence-corrected chi connectivity index (χ0v) is 19.3. The number of hydrogen-bond donors (Lipinski definition) is 2. The molecule has 1 saturated heterocycles. The Morgan fingerprint density at radius 2 is 1.71 bits per heavy atom. The first-order valence-electron chi connectivity index (χ1n) is 9.77. The van der Waals surface area contributed by atoms with Crippen molar-refractivity contribution in [1.29, 1.82) is 0 Å².